The SMILES string of the molecule is CN1CCN(C)C(CC(N)Cc2c(F)cccc2F)C1. The molecule has 1 aliphatic heterocycles. The van der Waals surface area contributed by atoms with E-state index in [0.29, 0.717) is 6.04 Å². The van der Waals surface area contributed by atoms with E-state index in [-0.39, 0.29) is 18.0 Å². The quantitative estimate of drug-likeness (QED) is 0.908. The Kier molecular flexibility index (Phi) is 5.07. The Morgan fingerprint density at radius 3 is 2.55 bits per heavy atom. The van der Waals surface area contributed by atoms with Gasteiger partial charge in [-0.05, 0) is 39.1 Å². The normalized spacial score (nSPS) is 22.9. The van der Waals surface area contributed by atoms with E-state index in [2.05, 4.69) is 23.9 Å². The number of hydrogen-bond acceptors (Lipinski definition) is 3. The zero-order chi connectivity index (χ0) is 14.7. The van der Waals surface area contributed by atoms with Gasteiger partial charge in [-0.15, -0.1) is 0 Å². The number of nitrogens with zero attached hydrogens (tertiary/aromatic N) is 2. The number of nitrogens with two attached hydrogens (primary N) is 1. The van der Waals surface area contributed by atoms with Crippen LogP contribution in [0.3, 0.4) is 0 Å². The Morgan fingerprint density at radius 2 is 1.90 bits per heavy atom. The molecular weight excluding hydrogens is 260 g/mol. The summed E-state index contributed by atoms with van der Waals surface area (Å²) in [6, 6.07) is 4.06. The lowest BCUT2D eigenvalue weighted by molar-refractivity contribution is 0.104. The molecule has 1 heterocycles. The summed E-state index contributed by atoms with van der Waals surface area (Å²) in [6.07, 6.45) is 0.987. The minimum Gasteiger partial charge on any atom is -0.327 e. The van der Waals surface area contributed by atoms with Crippen LogP contribution in [0.25, 0.3) is 0 Å². The molecule has 0 radical (unpaired) electrons. The van der Waals surface area contributed by atoms with Crippen LogP contribution in [0.15, 0.2) is 18.2 Å². The molecule has 0 bridgehead atoms. The molecule has 2 rings (SSSR count). The van der Waals surface area contributed by atoms with Gasteiger partial charge in [-0.1, -0.05) is 6.07 Å². The van der Waals surface area contributed by atoms with Crippen LogP contribution in [-0.2, 0) is 6.42 Å². The van der Waals surface area contributed by atoms with Crippen LogP contribution in [0.5, 0.6) is 0 Å². The van der Waals surface area contributed by atoms with Gasteiger partial charge in [0.05, 0.1) is 0 Å². The van der Waals surface area contributed by atoms with Gasteiger partial charge in [0.15, 0.2) is 0 Å². The summed E-state index contributed by atoms with van der Waals surface area (Å²) in [7, 11) is 4.16. The van der Waals surface area contributed by atoms with Crippen molar-refractivity contribution in [3.8, 4) is 0 Å². The summed E-state index contributed by atoms with van der Waals surface area (Å²) in [5, 5.41) is 0. The van der Waals surface area contributed by atoms with Crippen LogP contribution in [-0.4, -0.2) is 55.6 Å². The average Bonchev–Trinajstić information content (AvgIpc) is 2.38. The van der Waals surface area contributed by atoms with Crippen LogP contribution in [0.2, 0.25) is 0 Å². The van der Waals surface area contributed by atoms with Crippen molar-refractivity contribution in [2.24, 2.45) is 5.73 Å². The summed E-state index contributed by atoms with van der Waals surface area (Å²) in [5.41, 5.74) is 6.21. The molecule has 1 aromatic carbocycles. The highest BCUT2D eigenvalue weighted by Gasteiger charge is 2.24. The fraction of sp³-hybridized carbons (Fsp3) is 0.600. The first-order valence-electron chi connectivity index (χ1n) is 7.04. The second-order valence-corrected chi connectivity index (χ2v) is 5.80. The predicted molar refractivity (Wildman–Crippen MR) is 76.6 cm³/mol. The van der Waals surface area contributed by atoms with E-state index in [1.807, 2.05) is 0 Å². The van der Waals surface area contributed by atoms with Gasteiger partial charge in [-0.25, -0.2) is 8.78 Å². The summed E-state index contributed by atoms with van der Waals surface area (Å²) in [4.78, 5) is 4.54. The molecule has 1 aliphatic rings. The molecule has 1 aromatic rings. The standard InChI is InChI=1S/C15H23F2N3/c1-19-6-7-20(2)12(10-19)8-11(18)9-13-14(16)4-3-5-15(13)17/h3-5,11-12H,6-10,18H2,1-2H3. The maximum absolute atomic E-state index is 13.6. The van der Waals surface area contributed by atoms with Crippen molar-refractivity contribution in [3.05, 3.63) is 35.4 Å². The molecule has 0 amide bonds. The van der Waals surface area contributed by atoms with E-state index in [9.17, 15) is 8.78 Å². The maximum Gasteiger partial charge on any atom is 0.129 e. The lowest BCUT2D eigenvalue weighted by Gasteiger charge is -2.38. The van der Waals surface area contributed by atoms with Crippen molar-refractivity contribution in [1.29, 1.82) is 0 Å². The van der Waals surface area contributed by atoms with Crippen LogP contribution in [0.1, 0.15) is 12.0 Å². The first-order chi connectivity index (χ1) is 9.47. The monoisotopic (exact) mass is 283 g/mol. The molecule has 1 fully saturated rings. The lowest BCUT2D eigenvalue weighted by atomic mass is 9.97. The molecule has 2 N–H and O–H groups in total. The highest BCUT2D eigenvalue weighted by atomic mass is 19.1. The Labute approximate surface area is 119 Å². The van der Waals surface area contributed by atoms with E-state index >= 15 is 0 Å². The Bertz CT molecular complexity index is 432. The van der Waals surface area contributed by atoms with Crippen LogP contribution in [0, 0.1) is 11.6 Å². The fourth-order valence-corrected chi connectivity index (χ4v) is 2.78. The average molecular weight is 283 g/mol. The third-order valence-electron chi connectivity index (χ3n) is 4.08. The summed E-state index contributed by atoms with van der Waals surface area (Å²) >= 11 is 0. The van der Waals surface area contributed by atoms with Gasteiger partial charge in [0.1, 0.15) is 11.6 Å². The molecule has 2 unspecified atom stereocenters. The Morgan fingerprint density at radius 1 is 1.25 bits per heavy atom. The van der Waals surface area contributed by atoms with Gasteiger partial charge in [0.25, 0.3) is 0 Å². The van der Waals surface area contributed by atoms with E-state index in [1.165, 1.54) is 18.2 Å². The smallest absolute Gasteiger partial charge is 0.129 e. The zero-order valence-corrected chi connectivity index (χ0v) is 12.1. The van der Waals surface area contributed by atoms with Crippen molar-refractivity contribution in [3.63, 3.8) is 0 Å². The number of benzene rings is 1. The summed E-state index contributed by atoms with van der Waals surface area (Å²) in [6.45, 7) is 3.00. The van der Waals surface area contributed by atoms with Gasteiger partial charge in [0.2, 0.25) is 0 Å². The van der Waals surface area contributed by atoms with E-state index in [0.717, 1.165) is 26.1 Å². The highest BCUT2D eigenvalue weighted by Crippen LogP contribution is 2.17. The number of likely N-dealkylation sites (N-methyl/N-ethyl adjacent to an activating group) is 2. The van der Waals surface area contributed by atoms with Crippen LogP contribution < -0.4 is 5.73 Å². The molecule has 0 aliphatic carbocycles. The third-order valence-corrected chi connectivity index (χ3v) is 4.08. The van der Waals surface area contributed by atoms with Crippen molar-refractivity contribution in [2.45, 2.75) is 24.9 Å². The highest BCUT2D eigenvalue weighted by molar-refractivity contribution is 5.20. The molecule has 3 nitrogen and oxygen atoms in total. The van der Waals surface area contributed by atoms with E-state index in [4.69, 9.17) is 5.73 Å². The number of halogens is 2. The number of piperazine rings is 1. The first-order valence-corrected chi connectivity index (χ1v) is 7.04. The molecule has 112 valence electrons. The van der Waals surface area contributed by atoms with Crippen molar-refractivity contribution < 1.29 is 8.78 Å². The van der Waals surface area contributed by atoms with E-state index < -0.39 is 11.6 Å². The number of hydrogen-bond donors (Lipinski definition) is 1. The minimum absolute atomic E-state index is 0.104. The molecular formula is C15H23F2N3. The maximum atomic E-state index is 13.6. The van der Waals surface area contributed by atoms with Crippen molar-refractivity contribution in [2.75, 3.05) is 33.7 Å². The van der Waals surface area contributed by atoms with Gasteiger partial charge in [-0.3, -0.25) is 0 Å². The molecule has 0 aromatic heterocycles. The van der Waals surface area contributed by atoms with Crippen molar-refractivity contribution in [1.82, 2.24) is 9.80 Å². The largest absolute Gasteiger partial charge is 0.327 e. The van der Waals surface area contributed by atoms with Gasteiger partial charge in [-0.2, -0.15) is 0 Å². The Balaban J connectivity index is 1.96. The predicted octanol–water partition coefficient (Wildman–Crippen LogP) is 1.47. The van der Waals surface area contributed by atoms with E-state index in [1.54, 1.807) is 0 Å². The minimum atomic E-state index is -0.505. The summed E-state index contributed by atoms with van der Waals surface area (Å²) in [5.74, 6) is -1.01. The Hall–Kier alpha value is -1.04. The molecule has 0 saturated carbocycles. The second-order valence-electron chi connectivity index (χ2n) is 5.80. The molecule has 0 spiro atoms. The van der Waals surface area contributed by atoms with Crippen LogP contribution >= 0.6 is 0 Å². The second kappa shape index (κ2) is 6.61. The molecule has 5 heteroatoms. The topological polar surface area (TPSA) is 32.5 Å². The number of rotatable bonds is 4. The molecule has 2 atom stereocenters. The fourth-order valence-electron chi connectivity index (χ4n) is 2.78. The van der Waals surface area contributed by atoms with Gasteiger partial charge >= 0.3 is 0 Å². The zero-order valence-electron chi connectivity index (χ0n) is 12.1. The summed E-state index contributed by atoms with van der Waals surface area (Å²) < 4.78 is 27.2. The van der Waals surface area contributed by atoms with Gasteiger partial charge in [0, 0.05) is 37.3 Å². The van der Waals surface area contributed by atoms with Crippen LogP contribution in [0.4, 0.5) is 8.78 Å². The molecule has 1 saturated heterocycles. The van der Waals surface area contributed by atoms with Gasteiger partial charge < -0.3 is 15.5 Å². The van der Waals surface area contributed by atoms with Crippen molar-refractivity contribution >= 4 is 0 Å². The lowest BCUT2D eigenvalue weighted by Crippen LogP contribution is -2.52. The third kappa shape index (κ3) is 3.75. The molecule has 20 heavy (non-hydrogen) atoms. The first kappa shape index (κ1) is 15.4.